The number of nitrogens with zero attached hydrogens (tertiary/aromatic N) is 1. The molecule has 1 N–H and O–H groups in total. The molecule has 1 aromatic carbocycles. The van der Waals surface area contributed by atoms with Gasteiger partial charge < -0.3 is 14.5 Å². The first-order chi connectivity index (χ1) is 12.8. The maximum absolute atomic E-state index is 12.3. The molecule has 0 saturated heterocycles. The van der Waals surface area contributed by atoms with Crippen molar-refractivity contribution in [2.75, 3.05) is 11.9 Å². The zero-order valence-electron chi connectivity index (χ0n) is 14.2. The first-order valence-corrected chi connectivity index (χ1v) is 9.29. The van der Waals surface area contributed by atoms with Gasteiger partial charge in [-0.15, -0.1) is 0 Å². The van der Waals surface area contributed by atoms with Crippen molar-refractivity contribution in [2.45, 2.75) is 13.8 Å². The Balaban J connectivity index is 1.68. The van der Waals surface area contributed by atoms with Crippen LogP contribution < -0.4 is 5.32 Å². The van der Waals surface area contributed by atoms with Crippen molar-refractivity contribution in [3.63, 3.8) is 0 Å². The smallest absolute Gasteiger partial charge is 0.375 e. The Hall–Kier alpha value is -2.09. The molecule has 0 unspecified atom stereocenters. The molecule has 0 bridgehead atoms. The third-order valence-corrected chi connectivity index (χ3v) is 5.21. The Morgan fingerprint density at radius 1 is 1.26 bits per heavy atom. The average molecular weight is 472 g/mol. The van der Waals surface area contributed by atoms with Crippen molar-refractivity contribution in [1.82, 2.24) is 4.98 Å². The van der Waals surface area contributed by atoms with Gasteiger partial charge in [-0.3, -0.25) is 4.79 Å². The molecule has 6 nitrogen and oxygen atoms in total. The summed E-state index contributed by atoms with van der Waals surface area (Å²) in [5.74, 6) is -1.13. The number of ether oxygens (including phenoxy) is 1. The molecule has 1 amide bonds. The fourth-order valence-electron chi connectivity index (χ4n) is 2.40. The molecule has 0 atom stereocenters. The van der Waals surface area contributed by atoms with E-state index in [2.05, 4.69) is 26.2 Å². The molecule has 0 saturated carbocycles. The molecule has 140 valence electrons. The van der Waals surface area contributed by atoms with Gasteiger partial charge in [0.2, 0.25) is 5.76 Å². The number of amides is 1. The van der Waals surface area contributed by atoms with Gasteiger partial charge >= 0.3 is 5.97 Å². The maximum Gasteiger partial charge on any atom is 0.375 e. The lowest BCUT2D eigenvalue weighted by atomic mass is 10.1. The number of esters is 1. The van der Waals surface area contributed by atoms with Gasteiger partial charge in [-0.05, 0) is 37.6 Å². The summed E-state index contributed by atoms with van der Waals surface area (Å²) in [5.41, 5.74) is 1.78. The lowest BCUT2D eigenvalue weighted by Crippen LogP contribution is -2.21. The molecule has 0 aliphatic rings. The van der Waals surface area contributed by atoms with Crippen molar-refractivity contribution in [1.29, 1.82) is 0 Å². The molecule has 3 rings (SSSR count). The number of rotatable bonds is 4. The van der Waals surface area contributed by atoms with E-state index in [0.29, 0.717) is 21.7 Å². The Morgan fingerprint density at radius 3 is 2.74 bits per heavy atom. The number of carbonyl (C=O) groups is 2. The molecule has 27 heavy (non-hydrogen) atoms. The average Bonchev–Trinajstić information content (AvgIpc) is 2.96. The van der Waals surface area contributed by atoms with Gasteiger partial charge in [0.05, 0.1) is 10.0 Å². The fraction of sp³-hybridized carbons (Fsp3) is 0.167. The number of furan rings is 1. The van der Waals surface area contributed by atoms with Crippen LogP contribution in [0.3, 0.4) is 0 Å². The molecule has 0 radical (unpaired) electrons. The van der Waals surface area contributed by atoms with Gasteiger partial charge in [-0.2, -0.15) is 0 Å². The molecule has 3 aromatic rings. The number of pyridine rings is 1. The van der Waals surface area contributed by atoms with E-state index in [1.165, 1.54) is 6.20 Å². The van der Waals surface area contributed by atoms with E-state index in [1.807, 2.05) is 6.07 Å². The zero-order valence-corrected chi connectivity index (χ0v) is 17.3. The number of aromatic nitrogens is 1. The van der Waals surface area contributed by atoms with Crippen LogP contribution in [0.4, 0.5) is 5.82 Å². The van der Waals surface area contributed by atoms with Crippen LogP contribution in [-0.2, 0) is 9.53 Å². The van der Waals surface area contributed by atoms with Crippen LogP contribution in [0, 0.1) is 13.8 Å². The fourth-order valence-corrected chi connectivity index (χ4v) is 3.15. The van der Waals surface area contributed by atoms with Crippen molar-refractivity contribution >= 4 is 67.8 Å². The lowest BCUT2D eigenvalue weighted by Gasteiger charge is -2.09. The van der Waals surface area contributed by atoms with E-state index in [0.717, 1.165) is 9.86 Å². The predicted molar refractivity (Wildman–Crippen MR) is 107 cm³/mol. The van der Waals surface area contributed by atoms with Gasteiger partial charge in [0.15, 0.2) is 12.4 Å². The van der Waals surface area contributed by atoms with Gasteiger partial charge in [-0.1, -0.05) is 39.1 Å². The second kappa shape index (κ2) is 7.88. The van der Waals surface area contributed by atoms with E-state index in [4.69, 9.17) is 32.4 Å². The summed E-state index contributed by atoms with van der Waals surface area (Å²) in [5, 5.41) is 3.87. The highest BCUT2D eigenvalue weighted by Gasteiger charge is 2.20. The summed E-state index contributed by atoms with van der Waals surface area (Å²) < 4.78 is 11.4. The molecule has 2 heterocycles. The summed E-state index contributed by atoms with van der Waals surface area (Å²) >= 11 is 15.4. The van der Waals surface area contributed by atoms with Crippen LogP contribution in [-0.4, -0.2) is 23.5 Å². The van der Waals surface area contributed by atoms with E-state index in [1.54, 1.807) is 26.0 Å². The van der Waals surface area contributed by atoms with Crippen LogP contribution in [0.15, 0.2) is 33.3 Å². The Bertz CT molecular complexity index is 1070. The first kappa shape index (κ1) is 19.7. The molecular weight excluding hydrogens is 459 g/mol. The van der Waals surface area contributed by atoms with E-state index in [9.17, 15) is 9.59 Å². The first-order valence-electron chi connectivity index (χ1n) is 7.74. The third kappa shape index (κ3) is 4.10. The largest absolute Gasteiger partial charge is 0.450 e. The molecule has 0 aliphatic heterocycles. The van der Waals surface area contributed by atoms with E-state index >= 15 is 0 Å². The van der Waals surface area contributed by atoms with Crippen LogP contribution in [0.5, 0.6) is 0 Å². The summed E-state index contributed by atoms with van der Waals surface area (Å²) in [6, 6.07) is 5.39. The van der Waals surface area contributed by atoms with Crippen molar-refractivity contribution < 1.29 is 18.7 Å². The van der Waals surface area contributed by atoms with Crippen LogP contribution in [0.25, 0.3) is 11.0 Å². The second-order valence-corrected chi connectivity index (χ2v) is 7.42. The Kier molecular flexibility index (Phi) is 5.74. The van der Waals surface area contributed by atoms with Gasteiger partial charge in [0.1, 0.15) is 5.58 Å². The zero-order chi connectivity index (χ0) is 19.7. The summed E-state index contributed by atoms with van der Waals surface area (Å²) in [6.07, 6.45) is 1.38. The van der Waals surface area contributed by atoms with Crippen molar-refractivity contribution in [2.24, 2.45) is 0 Å². The predicted octanol–water partition coefficient (Wildman–Crippen LogP) is 5.31. The Morgan fingerprint density at radius 2 is 2.00 bits per heavy atom. The highest BCUT2D eigenvalue weighted by molar-refractivity contribution is 9.10. The summed E-state index contributed by atoms with van der Waals surface area (Å²) in [7, 11) is 0. The number of fused-ring (bicyclic) bond motifs is 1. The molecule has 2 aromatic heterocycles. The maximum atomic E-state index is 12.3. The number of benzene rings is 1. The molecule has 0 aliphatic carbocycles. The monoisotopic (exact) mass is 470 g/mol. The van der Waals surface area contributed by atoms with Gasteiger partial charge in [0.25, 0.3) is 5.91 Å². The summed E-state index contributed by atoms with van der Waals surface area (Å²) in [4.78, 5) is 28.3. The number of hydrogen-bond acceptors (Lipinski definition) is 5. The van der Waals surface area contributed by atoms with Gasteiger partial charge in [-0.25, -0.2) is 9.78 Å². The third-order valence-electron chi connectivity index (χ3n) is 3.88. The highest BCUT2D eigenvalue weighted by Crippen LogP contribution is 2.29. The molecule has 9 heteroatoms. The van der Waals surface area contributed by atoms with Crippen LogP contribution in [0.1, 0.15) is 21.7 Å². The van der Waals surface area contributed by atoms with Crippen LogP contribution in [0.2, 0.25) is 10.0 Å². The molecular formula is C18H13BrCl2N2O4. The summed E-state index contributed by atoms with van der Waals surface area (Å²) in [6.45, 7) is 2.93. The number of nitrogens with one attached hydrogen (secondary N) is 1. The number of aryl methyl sites for hydroxylation is 1. The number of hydrogen-bond donors (Lipinski definition) is 1. The standard InChI is InChI=1S/C18H13BrCl2N2O4/c1-8-11-5-10(19)3-4-13(11)27-16(8)18(25)26-7-14(24)23-17-15(21)9(2)12(20)6-22-17/h3-6H,7H2,1-2H3,(H,22,23,24). The number of carbonyl (C=O) groups excluding carboxylic acids is 2. The minimum Gasteiger partial charge on any atom is -0.450 e. The van der Waals surface area contributed by atoms with E-state index in [-0.39, 0.29) is 16.6 Å². The minimum atomic E-state index is -0.735. The van der Waals surface area contributed by atoms with Crippen LogP contribution >= 0.6 is 39.1 Å². The Labute approximate surface area is 172 Å². The highest BCUT2D eigenvalue weighted by atomic mass is 79.9. The lowest BCUT2D eigenvalue weighted by molar-refractivity contribution is -0.119. The number of anilines is 1. The minimum absolute atomic E-state index is 0.0504. The van der Waals surface area contributed by atoms with E-state index < -0.39 is 18.5 Å². The topological polar surface area (TPSA) is 81.4 Å². The van der Waals surface area contributed by atoms with Crippen molar-refractivity contribution in [3.8, 4) is 0 Å². The molecule has 0 fully saturated rings. The van der Waals surface area contributed by atoms with Crippen molar-refractivity contribution in [3.05, 3.63) is 55.8 Å². The quantitative estimate of drug-likeness (QED) is 0.521. The SMILES string of the molecule is Cc1c(Cl)cnc(NC(=O)COC(=O)c2oc3ccc(Br)cc3c2C)c1Cl. The van der Waals surface area contributed by atoms with Gasteiger partial charge in [0, 0.05) is 21.6 Å². The normalized spacial score (nSPS) is 10.9. The second-order valence-electron chi connectivity index (χ2n) is 5.71. The molecule has 0 spiro atoms. The number of halogens is 3.